The predicted octanol–water partition coefficient (Wildman–Crippen LogP) is 3.39. The van der Waals surface area contributed by atoms with Crippen LogP contribution in [0.1, 0.15) is 59.8 Å². The minimum Gasteiger partial charge on any atom is -0.481 e. The van der Waals surface area contributed by atoms with E-state index in [1.807, 2.05) is 6.92 Å². The van der Waals surface area contributed by atoms with Gasteiger partial charge in [-0.3, -0.25) is 14.7 Å². The summed E-state index contributed by atoms with van der Waals surface area (Å²) in [5.74, 6) is -0.102. The van der Waals surface area contributed by atoms with Gasteiger partial charge in [-0.1, -0.05) is 27.2 Å². The third-order valence-corrected chi connectivity index (χ3v) is 5.09. The monoisotopic (exact) mass is 353 g/mol. The molecule has 1 aliphatic heterocycles. The standard InChI is InChI=1S/C20H39N3O2/c1-5-19(20(24)25)8-6-7-10-22-12-14-23(15-13-22)11-9-21-18(4)16-17(2)3/h17,19H,5-16H2,1-4H3,(H,24,25)/b21-18+. The molecule has 5 nitrogen and oxygen atoms in total. The maximum atomic E-state index is 11.0. The number of carboxylic acid groups (broad SMARTS) is 1. The molecule has 0 radical (unpaired) electrons. The fraction of sp³-hybridized carbons (Fsp3) is 0.900. The van der Waals surface area contributed by atoms with Crippen LogP contribution in [0, 0.1) is 11.8 Å². The van der Waals surface area contributed by atoms with Gasteiger partial charge in [0.15, 0.2) is 0 Å². The molecule has 0 amide bonds. The van der Waals surface area contributed by atoms with Gasteiger partial charge in [0.25, 0.3) is 0 Å². The van der Waals surface area contributed by atoms with E-state index in [1.165, 1.54) is 5.71 Å². The summed E-state index contributed by atoms with van der Waals surface area (Å²) in [6.07, 6.45) is 4.80. The SMILES string of the molecule is CCC(CCCCN1CCN(CC/N=C(\C)CC(C)C)CC1)C(=O)O. The topological polar surface area (TPSA) is 56.1 Å². The number of carbonyl (C=O) groups is 1. The Kier molecular flexibility index (Phi) is 11.0. The van der Waals surface area contributed by atoms with Crippen molar-refractivity contribution in [2.45, 2.75) is 59.8 Å². The molecule has 0 aromatic carbocycles. The van der Waals surface area contributed by atoms with Crippen LogP contribution in [0.2, 0.25) is 0 Å². The lowest BCUT2D eigenvalue weighted by Crippen LogP contribution is -2.47. The first-order chi connectivity index (χ1) is 11.9. The van der Waals surface area contributed by atoms with Gasteiger partial charge in [-0.2, -0.15) is 0 Å². The van der Waals surface area contributed by atoms with Crippen molar-refractivity contribution in [3.05, 3.63) is 0 Å². The highest BCUT2D eigenvalue weighted by atomic mass is 16.4. The van der Waals surface area contributed by atoms with Crippen LogP contribution in [-0.4, -0.2) is 72.4 Å². The molecule has 0 aliphatic carbocycles. The normalized spacial score (nSPS) is 18.7. The number of unbranched alkanes of at least 4 members (excludes halogenated alkanes) is 1. The van der Waals surface area contributed by atoms with Crippen molar-refractivity contribution in [2.75, 3.05) is 45.8 Å². The Balaban J connectivity index is 2.10. The fourth-order valence-corrected chi connectivity index (χ4v) is 3.50. The molecule has 1 unspecified atom stereocenters. The Bertz CT molecular complexity index is 402. The van der Waals surface area contributed by atoms with Crippen LogP contribution in [-0.2, 0) is 4.79 Å². The van der Waals surface area contributed by atoms with E-state index < -0.39 is 5.97 Å². The van der Waals surface area contributed by atoms with Crippen LogP contribution < -0.4 is 0 Å². The number of rotatable bonds is 12. The first-order valence-electron chi connectivity index (χ1n) is 10.1. The van der Waals surface area contributed by atoms with Crippen molar-refractivity contribution in [3.63, 3.8) is 0 Å². The Hall–Kier alpha value is -0.940. The molecule has 1 N–H and O–H groups in total. The molecular weight excluding hydrogens is 314 g/mol. The van der Waals surface area contributed by atoms with Gasteiger partial charge in [0.2, 0.25) is 0 Å². The second-order valence-electron chi connectivity index (χ2n) is 7.84. The summed E-state index contributed by atoms with van der Waals surface area (Å²) in [5.41, 5.74) is 1.28. The zero-order valence-electron chi connectivity index (χ0n) is 16.8. The molecular formula is C20H39N3O2. The Morgan fingerprint density at radius 1 is 1.08 bits per heavy atom. The number of aliphatic imine (C=N–C) groups is 1. The van der Waals surface area contributed by atoms with Crippen LogP contribution in [0.5, 0.6) is 0 Å². The van der Waals surface area contributed by atoms with Gasteiger partial charge in [0.1, 0.15) is 0 Å². The minimum atomic E-state index is -0.637. The molecule has 1 rings (SSSR count). The molecule has 1 atom stereocenters. The molecule has 1 aliphatic rings. The first-order valence-corrected chi connectivity index (χ1v) is 10.1. The molecule has 25 heavy (non-hydrogen) atoms. The highest BCUT2D eigenvalue weighted by Crippen LogP contribution is 2.13. The van der Waals surface area contributed by atoms with E-state index in [-0.39, 0.29) is 5.92 Å². The van der Waals surface area contributed by atoms with E-state index in [2.05, 4.69) is 30.6 Å². The van der Waals surface area contributed by atoms with E-state index in [0.29, 0.717) is 5.92 Å². The average Bonchev–Trinajstić information content (AvgIpc) is 2.55. The van der Waals surface area contributed by atoms with Crippen molar-refractivity contribution in [1.82, 2.24) is 9.80 Å². The average molecular weight is 354 g/mol. The predicted molar refractivity (Wildman–Crippen MR) is 106 cm³/mol. The molecule has 0 bridgehead atoms. The number of carboxylic acids is 1. The lowest BCUT2D eigenvalue weighted by Gasteiger charge is -2.34. The Morgan fingerprint density at radius 2 is 1.68 bits per heavy atom. The van der Waals surface area contributed by atoms with Crippen LogP contribution in [0.15, 0.2) is 4.99 Å². The van der Waals surface area contributed by atoms with Gasteiger partial charge in [0, 0.05) is 38.4 Å². The van der Waals surface area contributed by atoms with Crippen LogP contribution in [0.25, 0.3) is 0 Å². The van der Waals surface area contributed by atoms with Gasteiger partial charge < -0.3 is 10.0 Å². The Morgan fingerprint density at radius 3 is 2.20 bits per heavy atom. The van der Waals surface area contributed by atoms with Crippen LogP contribution in [0.3, 0.4) is 0 Å². The smallest absolute Gasteiger partial charge is 0.306 e. The van der Waals surface area contributed by atoms with E-state index in [4.69, 9.17) is 10.1 Å². The lowest BCUT2D eigenvalue weighted by atomic mass is 9.99. The molecule has 5 heteroatoms. The van der Waals surface area contributed by atoms with Gasteiger partial charge >= 0.3 is 5.97 Å². The fourth-order valence-electron chi connectivity index (χ4n) is 3.50. The summed E-state index contributed by atoms with van der Waals surface area (Å²) in [4.78, 5) is 20.7. The second kappa shape index (κ2) is 12.4. The molecule has 1 fully saturated rings. The maximum Gasteiger partial charge on any atom is 0.306 e. The number of hydrogen-bond donors (Lipinski definition) is 1. The molecule has 1 saturated heterocycles. The first kappa shape index (κ1) is 22.1. The summed E-state index contributed by atoms with van der Waals surface area (Å²) in [6.45, 7) is 16.2. The largest absolute Gasteiger partial charge is 0.481 e. The summed E-state index contributed by atoms with van der Waals surface area (Å²) in [5, 5.41) is 9.07. The highest BCUT2D eigenvalue weighted by molar-refractivity contribution is 5.82. The van der Waals surface area contributed by atoms with E-state index in [1.54, 1.807) is 0 Å². The van der Waals surface area contributed by atoms with Gasteiger partial charge in [-0.15, -0.1) is 0 Å². The van der Waals surface area contributed by atoms with E-state index >= 15 is 0 Å². The van der Waals surface area contributed by atoms with E-state index in [0.717, 1.165) is 77.9 Å². The third-order valence-electron chi connectivity index (χ3n) is 5.09. The molecule has 0 spiro atoms. The van der Waals surface area contributed by atoms with Crippen LogP contribution >= 0.6 is 0 Å². The van der Waals surface area contributed by atoms with Gasteiger partial charge in [-0.25, -0.2) is 0 Å². The van der Waals surface area contributed by atoms with Crippen molar-refractivity contribution in [2.24, 2.45) is 16.8 Å². The number of aliphatic carboxylic acids is 1. The summed E-state index contributed by atoms with van der Waals surface area (Å²) in [7, 11) is 0. The zero-order chi connectivity index (χ0) is 18.7. The van der Waals surface area contributed by atoms with Gasteiger partial charge in [-0.05, 0) is 45.1 Å². The lowest BCUT2D eigenvalue weighted by molar-refractivity contribution is -0.142. The van der Waals surface area contributed by atoms with Crippen molar-refractivity contribution in [3.8, 4) is 0 Å². The van der Waals surface area contributed by atoms with E-state index in [9.17, 15) is 4.79 Å². The second-order valence-corrected chi connectivity index (χ2v) is 7.84. The third kappa shape index (κ3) is 9.95. The zero-order valence-corrected chi connectivity index (χ0v) is 16.8. The molecule has 0 saturated carbocycles. The van der Waals surface area contributed by atoms with Crippen molar-refractivity contribution >= 4 is 11.7 Å². The summed E-state index contributed by atoms with van der Waals surface area (Å²) >= 11 is 0. The highest BCUT2D eigenvalue weighted by Gasteiger charge is 2.17. The summed E-state index contributed by atoms with van der Waals surface area (Å²) in [6, 6.07) is 0. The van der Waals surface area contributed by atoms with Crippen molar-refractivity contribution in [1.29, 1.82) is 0 Å². The molecule has 146 valence electrons. The number of nitrogens with zero attached hydrogens (tertiary/aromatic N) is 3. The molecule has 0 aromatic rings. The molecule has 0 aromatic heterocycles. The van der Waals surface area contributed by atoms with Crippen LogP contribution in [0.4, 0.5) is 0 Å². The number of hydrogen-bond acceptors (Lipinski definition) is 4. The maximum absolute atomic E-state index is 11.0. The minimum absolute atomic E-state index is 0.156. The summed E-state index contributed by atoms with van der Waals surface area (Å²) < 4.78 is 0. The molecule has 1 heterocycles. The number of piperazine rings is 1. The Labute approximate surface area is 154 Å². The van der Waals surface area contributed by atoms with Crippen molar-refractivity contribution < 1.29 is 9.90 Å². The quantitative estimate of drug-likeness (QED) is 0.432. The van der Waals surface area contributed by atoms with Gasteiger partial charge in [0.05, 0.1) is 12.5 Å².